The standard InChI is InChI=1S/C27H26F3N5O4/c1-15-5-6-16(11-21(15)32-25(37)26(2,3)4)22-13-35-23(31-22)10-9-20(33-35)18-8-7-17(39-14-24(36)34-38)12-19(18)27(28,29)30/h5-13,38H,14H2,1-4H3,(H,32,37)(H,34,36). The molecule has 0 aliphatic rings. The van der Waals surface area contributed by atoms with Gasteiger partial charge in [-0.15, -0.1) is 0 Å². The largest absolute Gasteiger partial charge is 0.484 e. The number of halogens is 3. The minimum Gasteiger partial charge on any atom is -0.484 e. The molecule has 0 radical (unpaired) electrons. The molecule has 4 aromatic rings. The fourth-order valence-corrected chi connectivity index (χ4v) is 3.64. The average Bonchev–Trinajstić information content (AvgIpc) is 3.30. The third-order valence-corrected chi connectivity index (χ3v) is 5.85. The molecule has 0 saturated carbocycles. The Morgan fingerprint density at radius 2 is 1.77 bits per heavy atom. The van der Waals surface area contributed by atoms with Crippen LogP contribution in [0.1, 0.15) is 31.9 Å². The molecule has 0 aliphatic heterocycles. The number of carbonyl (C=O) groups excluding carboxylic acids is 2. The number of aryl methyl sites for hydroxylation is 1. The molecule has 2 aromatic carbocycles. The summed E-state index contributed by atoms with van der Waals surface area (Å²) in [6.07, 6.45) is -3.14. The van der Waals surface area contributed by atoms with E-state index in [4.69, 9.17) is 9.94 Å². The Morgan fingerprint density at radius 3 is 2.44 bits per heavy atom. The molecule has 2 amide bonds. The second-order valence-corrected chi connectivity index (χ2v) is 9.91. The van der Waals surface area contributed by atoms with Gasteiger partial charge < -0.3 is 10.1 Å². The molecule has 0 bridgehead atoms. The summed E-state index contributed by atoms with van der Waals surface area (Å²) in [4.78, 5) is 28.2. The van der Waals surface area contributed by atoms with E-state index in [0.29, 0.717) is 22.6 Å². The van der Waals surface area contributed by atoms with Gasteiger partial charge >= 0.3 is 6.18 Å². The van der Waals surface area contributed by atoms with E-state index < -0.39 is 29.7 Å². The molecule has 0 atom stereocenters. The smallest absolute Gasteiger partial charge is 0.417 e. The highest BCUT2D eigenvalue weighted by Gasteiger charge is 2.35. The Morgan fingerprint density at radius 1 is 1.03 bits per heavy atom. The zero-order chi connectivity index (χ0) is 28.5. The van der Waals surface area contributed by atoms with Gasteiger partial charge in [-0.05, 0) is 48.9 Å². The van der Waals surface area contributed by atoms with Crippen LogP contribution in [0, 0.1) is 12.3 Å². The number of benzene rings is 2. The molecule has 0 spiro atoms. The number of amides is 2. The summed E-state index contributed by atoms with van der Waals surface area (Å²) < 4.78 is 48.1. The first-order chi connectivity index (χ1) is 18.3. The normalized spacial score (nSPS) is 11.9. The van der Waals surface area contributed by atoms with Crippen LogP contribution in [-0.2, 0) is 15.8 Å². The molecular formula is C27H26F3N5O4. The van der Waals surface area contributed by atoms with Gasteiger partial charge in [0.1, 0.15) is 5.75 Å². The van der Waals surface area contributed by atoms with Gasteiger partial charge in [0, 0.05) is 22.2 Å². The van der Waals surface area contributed by atoms with Gasteiger partial charge in [0.25, 0.3) is 5.91 Å². The fourth-order valence-electron chi connectivity index (χ4n) is 3.64. The topological polar surface area (TPSA) is 118 Å². The minimum atomic E-state index is -4.74. The predicted molar refractivity (Wildman–Crippen MR) is 137 cm³/mol. The average molecular weight is 542 g/mol. The summed E-state index contributed by atoms with van der Waals surface area (Å²) in [5.74, 6) is -1.25. The van der Waals surface area contributed by atoms with Crippen LogP contribution in [0.4, 0.5) is 18.9 Å². The molecule has 12 heteroatoms. The van der Waals surface area contributed by atoms with E-state index in [9.17, 15) is 22.8 Å². The van der Waals surface area contributed by atoms with Gasteiger partial charge in [0.2, 0.25) is 5.91 Å². The van der Waals surface area contributed by atoms with E-state index in [2.05, 4.69) is 15.4 Å². The first-order valence-electron chi connectivity index (χ1n) is 11.8. The van der Waals surface area contributed by atoms with E-state index in [1.165, 1.54) is 28.2 Å². The lowest BCUT2D eigenvalue weighted by molar-refractivity contribution is -0.137. The number of nitrogens with zero attached hydrogens (tertiary/aromatic N) is 3. The maximum Gasteiger partial charge on any atom is 0.417 e. The van der Waals surface area contributed by atoms with Gasteiger partial charge in [-0.3, -0.25) is 14.8 Å². The van der Waals surface area contributed by atoms with Crippen molar-refractivity contribution in [3.63, 3.8) is 0 Å². The minimum absolute atomic E-state index is 0.0421. The summed E-state index contributed by atoms with van der Waals surface area (Å²) in [7, 11) is 0. The summed E-state index contributed by atoms with van der Waals surface area (Å²) in [6.45, 7) is 6.65. The molecule has 39 heavy (non-hydrogen) atoms. The molecule has 4 rings (SSSR count). The van der Waals surface area contributed by atoms with Gasteiger partial charge in [-0.25, -0.2) is 15.0 Å². The molecule has 3 N–H and O–H groups in total. The Balaban J connectivity index is 1.69. The molecule has 9 nitrogen and oxygen atoms in total. The SMILES string of the molecule is Cc1ccc(-c2cn3nc(-c4ccc(OCC(=O)NO)cc4C(F)(F)F)ccc3n2)cc1NC(=O)C(C)(C)C. The molecule has 0 aliphatic carbocycles. The number of aromatic nitrogens is 3. The van der Waals surface area contributed by atoms with Crippen molar-refractivity contribution in [2.45, 2.75) is 33.9 Å². The van der Waals surface area contributed by atoms with Gasteiger partial charge in [0.05, 0.1) is 23.1 Å². The third kappa shape index (κ3) is 6.17. The predicted octanol–water partition coefficient (Wildman–Crippen LogP) is 5.26. The quantitative estimate of drug-likeness (QED) is 0.226. The second-order valence-electron chi connectivity index (χ2n) is 9.91. The van der Waals surface area contributed by atoms with Crippen molar-refractivity contribution in [3.8, 4) is 28.3 Å². The summed E-state index contributed by atoms with van der Waals surface area (Å²) >= 11 is 0. The number of alkyl halides is 3. The zero-order valence-electron chi connectivity index (χ0n) is 21.6. The monoisotopic (exact) mass is 541 g/mol. The van der Waals surface area contributed by atoms with Crippen molar-refractivity contribution in [1.29, 1.82) is 0 Å². The molecule has 2 aromatic heterocycles. The van der Waals surface area contributed by atoms with Crippen LogP contribution < -0.4 is 15.5 Å². The number of ether oxygens (including phenoxy) is 1. The highest BCUT2D eigenvalue weighted by atomic mass is 19.4. The van der Waals surface area contributed by atoms with Crippen LogP contribution in [0.5, 0.6) is 5.75 Å². The maximum atomic E-state index is 13.9. The molecular weight excluding hydrogens is 515 g/mol. The molecule has 2 heterocycles. The van der Waals surface area contributed by atoms with E-state index >= 15 is 0 Å². The van der Waals surface area contributed by atoms with Crippen LogP contribution >= 0.6 is 0 Å². The van der Waals surface area contributed by atoms with E-state index in [0.717, 1.165) is 11.6 Å². The van der Waals surface area contributed by atoms with Crippen molar-refractivity contribution < 1.29 is 32.7 Å². The van der Waals surface area contributed by atoms with Crippen LogP contribution in [0.2, 0.25) is 0 Å². The maximum absolute atomic E-state index is 13.9. The highest BCUT2D eigenvalue weighted by molar-refractivity contribution is 5.95. The summed E-state index contributed by atoms with van der Waals surface area (Å²) in [5, 5.41) is 15.8. The zero-order valence-corrected chi connectivity index (χ0v) is 21.6. The van der Waals surface area contributed by atoms with E-state index in [-0.39, 0.29) is 22.9 Å². The number of hydrogen-bond donors (Lipinski definition) is 3. The number of hydrogen-bond acceptors (Lipinski definition) is 6. The first-order valence-corrected chi connectivity index (χ1v) is 11.8. The van der Waals surface area contributed by atoms with Crippen LogP contribution in [-0.4, -0.2) is 38.2 Å². The van der Waals surface area contributed by atoms with E-state index in [1.807, 2.05) is 39.8 Å². The Hall–Kier alpha value is -4.45. The lowest BCUT2D eigenvalue weighted by atomic mass is 9.95. The molecule has 0 unspecified atom stereocenters. The van der Waals surface area contributed by atoms with E-state index in [1.54, 1.807) is 18.3 Å². The lowest BCUT2D eigenvalue weighted by Crippen LogP contribution is -2.27. The third-order valence-electron chi connectivity index (χ3n) is 5.85. The van der Waals surface area contributed by atoms with Crippen LogP contribution in [0.15, 0.2) is 54.7 Å². The highest BCUT2D eigenvalue weighted by Crippen LogP contribution is 2.39. The number of hydroxylamine groups is 1. The molecule has 204 valence electrons. The Labute approximate surface area is 221 Å². The molecule has 0 fully saturated rings. The Bertz CT molecular complexity index is 1560. The molecule has 0 saturated heterocycles. The van der Waals surface area contributed by atoms with Crippen molar-refractivity contribution in [1.82, 2.24) is 20.1 Å². The van der Waals surface area contributed by atoms with Gasteiger partial charge in [0.15, 0.2) is 12.3 Å². The number of fused-ring (bicyclic) bond motifs is 1. The van der Waals surface area contributed by atoms with Crippen LogP contribution in [0.25, 0.3) is 28.2 Å². The van der Waals surface area contributed by atoms with Crippen molar-refractivity contribution >= 4 is 23.1 Å². The summed E-state index contributed by atoms with van der Waals surface area (Å²) in [6, 6.07) is 11.7. The van der Waals surface area contributed by atoms with Crippen molar-refractivity contribution in [2.75, 3.05) is 11.9 Å². The van der Waals surface area contributed by atoms with Gasteiger partial charge in [-0.1, -0.05) is 32.9 Å². The van der Waals surface area contributed by atoms with Crippen LogP contribution in [0.3, 0.4) is 0 Å². The number of rotatable bonds is 6. The van der Waals surface area contributed by atoms with Crippen molar-refractivity contribution in [2.24, 2.45) is 5.41 Å². The number of carbonyl (C=O) groups is 2. The van der Waals surface area contributed by atoms with Crippen molar-refractivity contribution in [3.05, 3.63) is 65.9 Å². The second kappa shape index (κ2) is 10.4. The van der Waals surface area contributed by atoms with Gasteiger partial charge in [-0.2, -0.15) is 18.3 Å². The fraction of sp³-hybridized carbons (Fsp3) is 0.259. The number of imidazole rings is 1. The number of nitrogens with one attached hydrogen (secondary N) is 2. The number of anilines is 1. The summed E-state index contributed by atoms with van der Waals surface area (Å²) in [5.41, 5.74) is 2.73. The lowest BCUT2D eigenvalue weighted by Gasteiger charge is -2.19. The first kappa shape index (κ1) is 27.6. The Kier molecular flexibility index (Phi) is 7.33.